The number of para-hydroxylation sites is 3. The van der Waals surface area contributed by atoms with Crippen LogP contribution in [0.2, 0.25) is 0 Å². The van der Waals surface area contributed by atoms with Gasteiger partial charge in [-0.25, -0.2) is 4.98 Å². The lowest BCUT2D eigenvalue weighted by atomic mass is 10.1. The van der Waals surface area contributed by atoms with Gasteiger partial charge in [0.2, 0.25) is 5.91 Å². The molecule has 4 rings (SSSR count). The molecule has 0 aliphatic heterocycles. The van der Waals surface area contributed by atoms with Gasteiger partial charge in [-0.1, -0.05) is 36.4 Å². The molecule has 1 atom stereocenters. The first-order valence-corrected chi connectivity index (χ1v) is 8.78. The van der Waals surface area contributed by atoms with Gasteiger partial charge in [-0.3, -0.25) is 9.78 Å². The van der Waals surface area contributed by atoms with Crippen molar-refractivity contribution < 1.29 is 4.79 Å². The Morgan fingerprint density at radius 3 is 2.62 bits per heavy atom. The van der Waals surface area contributed by atoms with Gasteiger partial charge in [-0.15, -0.1) is 0 Å². The van der Waals surface area contributed by atoms with E-state index in [-0.39, 0.29) is 11.9 Å². The highest BCUT2D eigenvalue weighted by Gasteiger charge is 2.12. The van der Waals surface area contributed by atoms with E-state index in [0.717, 1.165) is 33.5 Å². The number of benzene rings is 2. The fourth-order valence-corrected chi connectivity index (χ4v) is 3.07. The van der Waals surface area contributed by atoms with E-state index in [2.05, 4.69) is 20.3 Å². The first kappa shape index (κ1) is 16.3. The summed E-state index contributed by atoms with van der Waals surface area (Å²) in [5, 5.41) is 4.12. The number of amides is 1. The normalized spacial score (nSPS) is 12.3. The van der Waals surface area contributed by atoms with Gasteiger partial charge in [-0.2, -0.15) is 0 Å². The molecule has 0 fully saturated rings. The van der Waals surface area contributed by atoms with Crippen molar-refractivity contribution in [2.45, 2.75) is 25.8 Å². The van der Waals surface area contributed by atoms with E-state index >= 15 is 0 Å². The van der Waals surface area contributed by atoms with E-state index in [1.807, 2.05) is 67.6 Å². The first-order valence-electron chi connectivity index (χ1n) is 8.78. The maximum absolute atomic E-state index is 12.3. The molecule has 0 bridgehead atoms. The Balaban J connectivity index is 1.38. The molecule has 5 heteroatoms. The number of H-pyrrole nitrogens is 1. The standard InChI is InChI=1S/C21H20N4O/c1-14(16-11-10-15-6-2-3-7-17(15)23-16)22-21(26)13-12-20-24-18-8-4-5-9-19(18)25-20/h2-11,14H,12-13H2,1H3,(H,22,26)(H,24,25). The third-order valence-electron chi connectivity index (χ3n) is 4.47. The number of carbonyl (C=O) groups excluding carboxylic acids is 1. The Hall–Kier alpha value is -3.21. The fraction of sp³-hybridized carbons (Fsp3) is 0.190. The van der Waals surface area contributed by atoms with E-state index in [9.17, 15) is 4.79 Å². The highest BCUT2D eigenvalue weighted by atomic mass is 16.1. The summed E-state index contributed by atoms with van der Waals surface area (Å²) in [5.74, 6) is 0.825. The summed E-state index contributed by atoms with van der Waals surface area (Å²) in [6, 6.07) is 19.7. The molecule has 4 aromatic rings. The SMILES string of the molecule is CC(NC(=O)CCc1nc2ccccc2[nH]1)c1ccc2ccccc2n1. The number of nitrogens with one attached hydrogen (secondary N) is 2. The number of rotatable bonds is 5. The van der Waals surface area contributed by atoms with Gasteiger partial charge in [-0.05, 0) is 31.2 Å². The molecule has 0 saturated heterocycles. The number of aromatic nitrogens is 3. The zero-order chi connectivity index (χ0) is 17.9. The quantitative estimate of drug-likeness (QED) is 0.576. The molecular weight excluding hydrogens is 324 g/mol. The molecule has 0 spiro atoms. The predicted octanol–water partition coefficient (Wildman–Crippen LogP) is 3.92. The number of aryl methyl sites for hydroxylation is 1. The van der Waals surface area contributed by atoms with Gasteiger partial charge in [0.05, 0.1) is 28.3 Å². The highest BCUT2D eigenvalue weighted by Crippen LogP contribution is 2.17. The number of hydrogen-bond donors (Lipinski definition) is 2. The summed E-state index contributed by atoms with van der Waals surface area (Å²) in [7, 11) is 0. The number of imidazole rings is 1. The summed E-state index contributed by atoms with van der Waals surface area (Å²) in [5.41, 5.74) is 3.72. The first-order chi connectivity index (χ1) is 12.7. The monoisotopic (exact) mass is 344 g/mol. The van der Waals surface area contributed by atoms with Crippen LogP contribution in [0.1, 0.15) is 30.9 Å². The molecule has 0 aliphatic carbocycles. The average molecular weight is 344 g/mol. The summed E-state index contributed by atoms with van der Waals surface area (Å²) in [6.07, 6.45) is 0.968. The number of fused-ring (bicyclic) bond motifs is 2. The maximum Gasteiger partial charge on any atom is 0.220 e. The molecule has 2 aromatic carbocycles. The molecule has 2 N–H and O–H groups in total. The van der Waals surface area contributed by atoms with Crippen molar-refractivity contribution in [3.8, 4) is 0 Å². The van der Waals surface area contributed by atoms with Crippen LogP contribution in [0.3, 0.4) is 0 Å². The number of pyridine rings is 1. The lowest BCUT2D eigenvalue weighted by molar-refractivity contribution is -0.121. The van der Waals surface area contributed by atoms with Gasteiger partial charge >= 0.3 is 0 Å². The van der Waals surface area contributed by atoms with E-state index in [1.165, 1.54) is 0 Å². The number of hydrogen-bond acceptors (Lipinski definition) is 3. The zero-order valence-electron chi connectivity index (χ0n) is 14.6. The lowest BCUT2D eigenvalue weighted by Gasteiger charge is -2.14. The van der Waals surface area contributed by atoms with Crippen LogP contribution in [0.5, 0.6) is 0 Å². The molecule has 0 saturated carbocycles. The summed E-state index contributed by atoms with van der Waals surface area (Å²) < 4.78 is 0. The molecular formula is C21H20N4O. The molecule has 5 nitrogen and oxygen atoms in total. The molecule has 2 heterocycles. The Bertz CT molecular complexity index is 1040. The van der Waals surface area contributed by atoms with Crippen molar-refractivity contribution in [1.29, 1.82) is 0 Å². The number of carbonyl (C=O) groups is 1. The van der Waals surface area contributed by atoms with Crippen LogP contribution in [-0.4, -0.2) is 20.9 Å². The minimum absolute atomic E-state index is 0.00656. The van der Waals surface area contributed by atoms with Crippen molar-refractivity contribution in [2.24, 2.45) is 0 Å². The highest BCUT2D eigenvalue weighted by molar-refractivity contribution is 5.79. The molecule has 2 aromatic heterocycles. The van der Waals surface area contributed by atoms with Crippen LogP contribution >= 0.6 is 0 Å². The van der Waals surface area contributed by atoms with Crippen molar-refractivity contribution in [1.82, 2.24) is 20.3 Å². The number of aromatic amines is 1. The second-order valence-corrected chi connectivity index (χ2v) is 6.42. The van der Waals surface area contributed by atoms with E-state index < -0.39 is 0 Å². The minimum atomic E-state index is -0.136. The minimum Gasteiger partial charge on any atom is -0.348 e. The Morgan fingerprint density at radius 2 is 1.77 bits per heavy atom. The molecule has 1 amide bonds. The van der Waals surface area contributed by atoms with Gasteiger partial charge in [0.1, 0.15) is 5.82 Å². The molecule has 26 heavy (non-hydrogen) atoms. The van der Waals surface area contributed by atoms with Crippen LogP contribution in [0.4, 0.5) is 0 Å². The fourth-order valence-electron chi connectivity index (χ4n) is 3.07. The van der Waals surface area contributed by atoms with Crippen LogP contribution in [-0.2, 0) is 11.2 Å². The smallest absolute Gasteiger partial charge is 0.220 e. The third kappa shape index (κ3) is 3.42. The maximum atomic E-state index is 12.3. The molecule has 0 aliphatic rings. The summed E-state index contributed by atoms with van der Waals surface area (Å²) in [6.45, 7) is 1.95. The van der Waals surface area contributed by atoms with Crippen LogP contribution in [0, 0.1) is 0 Å². The average Bonchev–Trinajstić information content (AvgIpc) is 3.09. The lowest BCUT2D eigenvalue weighted by Crippen LogP contribution is -2.27. The largest absolute Gasteiger partial charge is 0.348 e. The molecule has 0 radical (unpaired) electrons. The van der Waals surface area contributed by atoms with Gasteiger partial charge < -0.3 is 10.3 Å². The molecule has 130 valence electrons. The van der Waals surface area contributed by atoms with E-state index in [4.69, 9.17) is 0 Å². The second kappa shape index (κ2) is 6.96. The van der Waals surface area contributed by atoms with Gasteiger partial charge in [0, 0.05) is 18.2 Å². The van der Waals surface area contributed by atoms with Crippen molar-refractivity contribution in [3.63, 3.8) is 0 Å². The third-order valence-corrected chi connectivity index (χ3v) is 4.47. The number of nitrogens with zero attached hydrogens (tertiary/aromatic N) is 2. The summed E-state index contributed by atoms with van der Waals surface area (Å²) >= 11 is 0. The van der Waals surface area contributed by atoms with Crippen LogP contribution < -0.4 is 5.32 Å². The van der Waals surface area contributed by atoms with Gasteiger partial charge in [0.25, 0.3) is 0 Å². The van der Waals surface area contributed by atoms with Crippen LogP contribution in [0.25, 0.3) is 21.9 Å². The Kier molecular flexibility index (Phi) is 4.35. The zero-order valence-corrected chi connectivity index (χ0v) is 14.6. The van der Waals surface area contributed by atoms with Crippen molar-refractivity contribution in [3.05, 3.63) is 72.2 Å². The van der Waals surface area contributed by atoms with Gasteiger partial charge in [0.15, 0.2) is 0 Å². The topological polar surface area (TPSA) is 70.7 Å². The predicted molar refractivity (Wildman–Crippen MR) is 103 cm³/mol. The van der Waals surface area contributed by atoms with Crippen LogP contribution in [0.15, 0.2) is 60.7 Å². The Labute approximate surface area is 151 Å². The van der Waals surface area contributed by atoms with E-state index in [1.54, 1.807) is 0 Å². The molecule has 1 unspecified atom stereocenters. The van der Waals surface area contributed by atoms with Crippen molar-refractivity contribution >= 4 is 27.8 Å². The second-order valence-electron chi connectivity index (χ2n) is 6.42. The summed E-state index contributed by atoms with van der Waals surface area (Å²) in [4.78, 5) is 24.7. The van der Waals surface area contributed by atoms with Crippen molar-refractivity contribution in [2.75, 3.05) is 0 Å². The Morgan fingerprint density at radius 1 is 1.00 bits per heavy atom. The van der Waals surface area contributed by atoms with E-state index in [0.29, 0.717) is 12.8 Å².